The van der Waals surface area contributed by atoms with Gasteiger partial charge in [-0.05, 0) is 41.3 Å². The molecule has 1 aliphatic heterocycles. The van der Waals surface area contributed by atoms with Crippen molar-refractivity contribution in [3.05, 3.63) is 100 Å². The van der Waals surface area contributed by atoms with E-state index in [1.54, 1.807) is 0 Å². The van der Waals surface area contributed by atoms with Crippen molar-refractivity contribution in [3.63, 3.8) is 0 Å². The molecule has 0 saturated heterocycles. The fourth-order valence-corrected chi connectivity index (χ4v) is 5.17. The minimum absolute atomic E-state index is 0.694. The second-order valence-electron chi connectivity index (χ2n) is 7.71. The van der Waals surface area contributed by atoms with Crippen molar-refractivity contribution in [2.75, 3.05) is 6.54 Å². The minimum atomic E-state index is 0.694. The van der Waals surface area contributed by atoms with Gasteiger partial charge in [0.2, 0.25) is 0 Å². The molecule has 0 radical (unpaired) electrons. The Morgan fingerprint density at radius 2 is 1.87 bits per heavy atom. The van der Waals surface area contributed by atoms with E-state index in [1.165, 1.54) is 32.1 Å². The topological polar surface area (TPSA) is 44.9 Å². The number of hydrogen-bond acceptors (Lipinski definition) is 4. The summed E-state index contributed by atoms with van der Waals surface area (Å²) in [6.45, 7) is 3.73. The Kier molecular flexibility index (Phi) is 5.18. The van der Waals surface area contributed by atoms with Crippen LogP contribution in [0.15, 0.2) is 73.2 Å². The van der Waals surface area contributed by atoms with Crippen LogP contribution in [-0.4, -0.2) is 21.0 Å². The predicted octanol–water partition coefficient (Wildman–Crippen LogP) is 5.09. The Bertz CT molecular complexity index is 1180. The summed E-state index contributed by atoms with van der Waals surface area (Å²) < 4.78 is 2.21. The third kappa shape index (κ3) is 3.93. The summed E-state index contributed by atoms with van der Waals surface area (Å²) in [6, 6.07) is 23.0. The zero-order chi connectivity index (χ0) is 20.3. The molecule has 148 valence electrons. The zero-order valence-electron chi connectivity index (χ0n) is 16.7. The Morgan fingerprint density at radius 1 is 1.03 bits per heavy atom. The number of imidazole rings is 1. The van der Waals surface area contributed by atoms with Gasteiger partial charge in [0.15, 0.2) is 0 Å². The first-order valence-electron chi connectivity index (χ1n) is 10.2. The van der Waals surface area contributed by atoms with Crippen molar-refractivity contribution < 1.29 is 0 Å². The molecule has 30 heavy (non-hydrogen) atoms. The lowest BCUT2D eigenvalue weighted by Crippen LogP contribution is -2.30. The number of rotatable bonds is 5. The molecule has 3 heterocycles. The second-order valence-corrected chi connectivity index (χ2v) is 8.84. The summed E-state index contributed by atoms with van der Waals surface area (Å²) in [4.78, 5) is 9.79. The molecule has 4 aromatic rings. The van der Waals surface area contributed by atoms with Crippen LogP contribution in [0, 0.1) is 11.3 Å². The zero-order valence-corrected chi connectivity index (χ0v) is 17.5. The van der Waals surface area contributed by atoms with E-state index in [2.05, 4.69) is 56.9 Å². The average molecular weight is 411 g/mol. The van der Waals surface area contributed by atoms with E-state index in [1.807, 2.05) is 48.1 Å². The number of nitrogens with zero attached hydrogens (tertiary/aromatic N) is 4. The highest BCUT2D eigenvalue weighted by molar-refractivity contribution is 7.15. The molecule has 1 aliphatic rings. The molecule has 0 unspecified atom stereocenters. The Hall–Kier alpha value is -3.20. The van der Waals surface area contributed by atoms with E-state index < -0.39 is 0 Å². The lowest BCUT2D eigenvalue weighted by molar-refractivity contribution is 0.241. The number of hydrogen-bond donors (Lipinski definition) is 0. The summed E-state index contributed by atoms with van der Waals surface area (Å²) in [5.41, 5.74) is 5.87. The first-order valence-corrected chi connectivity index (χ1v) is 11.0. The van der Waals surface area contributed by atoms with Crippen LogP contribution in [0.4, 0.5) is 0 Å². The third-order valence-electron chi connectivity index (χ3n) is 5.62. The van der Waals surface area contributed by atoms with Gasteiger partial charge in [-0.2, -0.15) is 5.26 Å². The van der Waals surface area contributed by atoms with Gasteiger partial charge in [0.05, 0.1) is 23.7 Å². The predicted molar refractivity (Wildman–Crippen MR) is 120 cm³/mol. The molecule has 0 spiro atoms. The first kappa shape index (κ1) is 18.8. The van der Waals surface area contributed by atoms with Gasteiger partial charge in [-0.3, -0.25) is 4.90 Å². The number of fused-ring (bicyclic) bond motifs is 1. The van der Waals surface area contributed by atoms with Crippen molar-refractivity contribution in [3.8, 4) is 16.5 Å². The van der Waals surface area contributed by atoms with Crippen LogP contribution in [0.5, 0.6) is 0 Å². The lowest BCUT2D eigenvalue weighted by atomic mass is 10.1. The normalized spacial score (nSPS) is 13.7. The highest BCUT2D eigenvalue weighted by atomic mass is 32.1. The van der Waals surface area contributed by atoms with Crippen LogP contribution in [-0.2, 0) is 26.1 Å². The van der Waals surface area contributed by atoms with Crippen molar-refractivity contribution in [2.45, 2.75) is 26.1 Å². The molecule has 5 heteroatoms. The molecule has 5 rings (SSSR count). The molecule has 0 saturated carbocycles. The molecule has 2 aromatic heterocycles. The number of benzene rings is 2. The molecular weight excluding hydrogens is 388 g/mol. The van der Waals surface area contributed by atoms with E-state index in [-0.39, 0.29) is 0 Å². The van der Waals surface area contributed by atoms with Gasteiger partial charge in [0.1, 0.15) is 0 Å². The molecule has 0 bridgehead atoms. The highest BCUT2D eigenvalue weighted by Gasteiger charge is 2.20. The van der Waals surface area contributed by atoms with Crippen molar-refractivity contribution >= 4 is 11.3 Å². The third-order valence-corrected chi connectivity index (χ3v) is 6.91. The Morgan fingerprint density at radius 3 is 2.67 bits per heavy atom. The van der Waals surface area contributed by atoms with Crippen LogP contribution in [0.2, 0.25) is 0 Å². The molecule has 0 aliphatic carbocycles. The van der Waals surface area contributed by atoms with Crippen molar-refractivity contribution in [2.24, 2.45) is 0 Å². The lowest BCUT2D eigenvalue weighted by Gasteiger charge is -2.27. The largest absolute Gasteiger partial charge is 0.329 e. The number of nitriles is 1. The second kappa shape index (κ2) is 8.27. The van der Waals surface area contributed by atoms with Crippen LogP contribution in [0.25, 0.3) is 10.4 Å². The molecule has 0 amide bonds. The van der Waals surface area contributed by atoms with E-state index >= 15 is 0 Å². The van der Waals surface area contributed by atoms with Gasteiger partial charge < -0.3 is 4.57 Å². The van der Waals surface area contributed by atoms with Crippen molar-refractivity contribution in [1.82, 2.24) is 14.5 Å². The maximum absolute atomic E-state index is 8.98. The molecule has 4 nitrogen and oxygen atoms in total. The smallest absolute Gasteiger partial charge is 0.0991 e. The van der Waals surface area contributed by atoms with Crippen LogP contribution >= 0.6 is 11.3 Å². The summed E-state index contributed by atoms with van der Waals surface area (Å²) >= 11 is 1.94. The summed E-state index contributed by atoms with van der Waals surface area (Å²) in [7, 11) is 0. The maximum atomic E-state index is 8.98. The first-order chi connectivity index (χ1) is 14.8. The van der Waals surface area contributed by atoms with Crippen molar-refractivity contribution in [1.29, 1.82) is 5.26 Å². The van der Waals surface area contributed by atoms with Gasteiger partial charge in [-0.15, -0.1) is 11.3 Å². The van der Waals surface area contributed by atoms with Gasteiger partial charge in [-0.1, -0.05) is 42.5 Å². The summed E-state index contributed by atoms with van der Waals surface area (Å²) in [6.07, 6.45) is 4.99. The van der Waals surface area contributed by atoms with Gasteiger partial charge in [-0.25, -0.2) is 4.98 Å². The van der Waals surface area contributed by atoms with Crippen LogP contribution in [0.1, 0.15) is 27.3 Å². The SMILES string of the molecule is N#Cc1ccc(Cn2cncc2CN2CCc3sc(-c4ccccc4)cc3C2)cc1. The Balaban J connectivity index is 1.28. The molecule has 0 atom stereocenters. The quantitative estimate of drug-likeness (QED) is 0.460. The monoisotopic (exact) mass is 410 g/mol. The van der Waals surface area contributed by atoms with Crippen LogP contribution in [0.3, 0.4) is 0 Å². The average Bonchev–Trinajstić information content (AvgIpc) is 3.41. The summed E-state index contributed by atoms with van der Waals surface area (Å²) in [5.74, 6) is 0. The molecule has 0 N–H and O–H groups in total. The summed E-state index contributed by atoms with van der Waals surface area (Å²) in [5, 5.41) is 8.98. The van der Waals surface area contributed by atoms with E-state index in [0.717, 1.165) is 32.6 Å². The standard InChI is InChI=1S/C25H22N4S/c26-13-19-6-8-20(9-7-19)15-29-18-27-14-23(29)17-28-11-10-24-22(16-28)12-25(30-24)21-4-2-1-3-5-21/h1-9,12,14,18H,10-11,15-17H2. The van der Waals surface area contributed by atoms with E-state index in [0.29, 0.717) is 5.56 Å². The van der Waals surface area contributed by atoms with Gasteiger partial charge in [0, 0.05) is 42.1 Å². The fraction of sp³-hybridized carbons (Fsp3) is 0.200. The minimum Gasteiger partial charge on any atom is -0.329 e. The van der Waals surface area contributed by atoms with Gasteiger partial charge >= 0.3 is 0 Å². The molecule has 2 aromatic carbocycles. The van der Waals surface area contributed by atoms with Crippen LogP contribution < -0.4 is 0 Å². The Labute approximate surface area is 180 Å². The highest BCUT2D eigenvalue weighted by Crippen LogP contribution is 2.35. The number of thiophene rings is 1. The number of aromatic nitrogens is 2. The van der Waals surface area contributed by atoms with Gasteiger partial charge in [0.25, 0.3) is 0 Å². The fourth-order valence-electron chi connectivity index (χ4n) is 4.00. The molecule has 0 fully saturated rings. The van der Waals surface area contributed by atoms with E-state index in [9.17, 15) is 0 Å². The maximum Gasteiger partial charge on any atom is 0.0991 e. The molecular formula is C25H22N4S. The van der Waals surface area contributed by atoms with E-state index in [4.69, 9.17) is 5.26 Å².